The summed E-state index contributed by atoms with van der Waals surface area (Å²) in [6, 6.07) is 3.34. The van der Waals surface area contributed by atoms with Gasteiger partial charge < -0.3 is 4.74 Å². The average molecular weight is 387 g/mol. The van der Waals surface area contributed by atoms with Crippen molar-refractivity contribution < 1.29 is 13.9 Å². The van der Waals surface area contributed by atoms with Gasteiger partial charge in [-0.2, -0.15) is 0 Å². The zero-order chi connectivity index (χ0) is 19.7. The highest BCUT2D eigenvalue weighted by Crippen LogP contribution is 2.49. The molecule has 3 aliphatic carbocycles. The van der Waals surface area contributed by atoms with Crippen LogP contribution in [-0.2, 0) is 17.6 Å². The molecule has 5 atom stereocenters. The number of halogens is 1. The summed E-state index contributed by atoms with van der Waals surface area (Å²) in [5.41, 5.74) is 2.35. The van der Waals surface area contributed by atoms with Gasteiger partial charge in [0.25, 0.3) is 0 Å². The minimum Gasteiger partial charge on any atom is -0.465 e. The third kappa shape index (κ3) is 4.00. The van der Waals surface area contributed by atoms with Crippen molar-refractivity contribution in [3.8, 4) is 0 Å². The summed E-state index contributed by atoms with van der Waals surface area (Å²) in [6.45, 7) is 2.32. The summed E-state index contributed by atoms with van der Waals surface area (Å²) in [6.07, 6.45) is 14.4. The summed E-state index contributed by atoms with van der Waals surface area (Å²) in [5.74, 6) is 3.38. The topological polar surface area (TPSA) is 26.3 Å². The maximum absolute atomic E-state index is 14.4. The Morgan fingerprint density at radius 1 is 1.00 bits per heavy atom. The van der Waals surface area contributed by atoms with Crippen LogP contribution in [0, 0.1) is 35.4 Å². The molecule has 3 aliphatic rings. The predicted octanol–water partition coefficient (Wildman–Crippen LogP) is 6.35. The van der Waals surface area contributed by atoms with Crippen LogP contribution in [0.3, 0.4) is 0 Å². The van der Waals surface area contributed by atoms with Crippen LogP contribution in [-0.4, -0.2) is 13.1 Å². The number of fused-ring (bicyclic) bond motifs is 2. The van der Waals surface area contributed by atoms with Crippen molar-refractivity contribution in [3.05, 3.63) is 34.6 Å². The highest BCUT2D eigenvalue weighted by Gasteiger charge is 2.38. The molecule has 0 aromatic heterocycles. The number of hydrogen-bond acceptors (Lipinski definition) is 2. The standard InChI is InChI=1S/C25H35FO2/c1-3-4-16-5-6-18-12-19(8-7-17(18)11-16)20-9-10-21-14-23(25(27)28-2)24(26)15-22(21)13-20/h14-20H,3-13H2,1-2H3. The lowest BCUT2D eigenvalue weighted by molar-refractivity contribution is 0.0595. The van der Waals surface area contributed by atoms with Gasteiger partial charge in [-0.1, -0.05) is 26.2 Å². The summed E-state index contributed by atoms with van der Waals surface area (Å²) in [7, 11) is 1.31. The van der Waals surface area contributed by atoms with Crippen LogP contribution in [0.2, 0.25) is 0 Å². The number of hydrogen-bond donors (Lipinski definition) is 0. The maximum atomic E-state index is 14.4. The largest absolute Gasteiger partial charge is 0.465 e. The van der Waals surface area contributed by atoms with Crippen molar-refractivity contribution in [3.63, 3.8) is 0 Å². The number of rotatable bonds is 4. The Labute approximate surface area is 169 Å². The molecule has 0 bridgehead atoms. The van der Waals surface area contributed by atoms with E-state index in [9.17, 15) is 9.18 Å². The molecule has 28 heavy (non-hydrogen) atoms. The van der Waals surface area contributed by atoms with E-state index in [-0.39, 0.29) is 5.56 Å². The van der Waals surface area contributed by atoms with Crippen LogP contribution in [0.1, 0.15) is 86.2 Å². The molecule has 0 N–H and O–H groups in total. The van der Waals surface area contributed by atoms with Gasteiger partial charge in [-0.15, -0.1) is 0 Å². The molecular formula is C25H35FO2. The first-order valence-corrected chi connectivity index (χ1v) is 11.5. The Morgan fingerprint density at radius 2 is 1.71 bits per heavy atom. The minimum atomic E-state index is -0.570. The molecule has 0 amide bonds. The summed E-state index contributed by atoms with van der Waals surface area (Å²) < 4.78 is 19.1. The van der Waals surface area contributed by atoms with Crippen LogP contribution in [0.25, 0.3) is 0 Å². The molecule has 154 valence electrons. The van der Waals surface area contributed by atoms with E-state index in [4.69, 9.17) is 4.74 Å². The fourth-order valence-electron chi connectivity index (χ4n) is 6.60. The van der Waals surface area contributed by atoms with Crippen molar-refractivity contribution in [2.24, 2.45) is 29.6 Å². The molecule has 4 rings (SSSR count). The molecule has 0 radical (unpaired) electrons. The van der Waals surface area contributed by atoms with E-state index in [1.54, 1.807) is 12.1 Å². The summed E-state index contributed by atoms with van der Waals surface area (Å²) >= 11 is 0. The molecule has 1 aromatic rings. The van der Waals surface area contributed by atoms with Crippen molar-refractivity contribution in [2.45, 2.75) is 77.6 Å². The number of carbonyl (C=O) groups is 1. The van der Waals surface area contributed by atoms with Gasteiger partial charge in [-0.25, -0.2) is 9.18 Å². The van der Waals surface area contributed by atoms with Gasteiger partial charge in [-0.3, -0.25) is 0 Å². The number of carbonyl (C=O) groups excluding carboxylic acids is 1. The summed E-state index contributed by atoms with van der Waals surface area (Å²) in [5, 5.41) is 0. The Kier molecular flexibility index (Phi) is 6.08. The quantitative estimate of drug-likeness (QED) is 0.564. The van der Waals surface area contributed by atoms with E-state index in [1.807, 2.05) is 0 Å². The molecule has 0 spiro atoms. The Balaban J connectivity index is 1.40. The van der Waals surface area contributed by atoms with Crippen LogP contribution in [0.4, 0.5) is 4.39 Å². The smallest absolute Gasteiger partial charge is 0.340 e. The monoisotopic (exact) mass is 386 g/mol. The van der Waals surface area contributed by atoms with E-state index >= 15 is 0 Å². The first-order chi connectivity index (χ1) is 13.6. The van der Waals surface area contributed by atoms with Crippen molar-refractivity contribution in [1.29, 1.82) is 0 Å². The second kappa shape index (κ2) is 8.55. The van der Waals surface area contributed by atoms with E-state index in [1.165, 1.54) is 64.9 Å². The second-order valence-electron chi connectivity index (χ2n) is 9.66. The van der Waals surface area contributed by atoms with Gasteiger partial charge in [0.1, 0.15) is 5.82 Å². The molecule has 5 unspecified atom stereocenters. The summed E-state index contributed by atoms with van der Waals surface area (Å²) in [4.78, 5) is 11.8. The third-order valence-corrected chi connectivity index (χ3v) is 8.09. The van der Waals surface area contributed by atoms with Crippen molar-refractivity contribution in [2.75, 3.05) is 7.11 Å². The molecule has 2 saturated carbocycles. The zero-order valence-electron chi connectivity index (χ0n) is 17.5. The first-order valence-electron chi connectivity index (χ1n) is 11.5. The lowest BCUT2D eigenvalue weighted by Gasteiger charge is -2.45. The van der Waals surface area contributed by atoms with E-state index < -0.39 is 11.8 Å². The van der Waals surface area contributed by atoms with Crippen LogP contribution in [0.5, 0.6) is 0 Å². The van der Waals surface area contributed by atoms with E-state index in [0.717, 1.165) is 47.6 Å². The fraction of sp³-hybridized carbons (Fsp3) is 0.720. The molecule has 0 heterocycles. The SMILES string of the molecule is CCCC1CCC2CC(C3CCc4cc(C(=O)OC)c(F)cc4C3)CCC2C1. The molecular weight excluding hydrogens is 351 g/mol. The van der Waals surface area contributed by atoms with Crippen LogP contribution in [0.15, 0.2) is 12.1 Å². The van der Waals surface area contributed by atoms with Gasteiger partial charge in [0.2, 0.25) is 0 Å². The zero-order valence-corrected chi connectivity index (χ0v) is 17.5. The Morgan fingerprint density at radius 3 is 2.46 bits per heavy atom. The molecule has 0 aliphatic heterocycles. The minimum absolute atomic E-state index is 0.0871. The normalized spacial score (nSPS) is 32.3. The van der Waals surface area contributed by atoms with Gasteiger partial charge in [0.15, 0.2) is 0 Å². The molecule has 1 aromatic carbocycles. The van der Waals surface area contributed by atoms with Gasteiger partial charge in [0.05, 0.1) is 12.7 Å². The highest BCUT2D eigenvalue weighted by molar-refractivity contribution is 5.90. The number of aryl methyl sites for hydroxylation is 1. The van der Waals surface area contributed by atoms with Crippen LogP contribution < -0.4 is 0 Å². The number of methoxy groups -OCH3 is 1. The first kappa shape index (κ1) is 19.9. The maximum Gasteiger partial charge on any atom is 0.340 e. The molecule has 2 nitrogen and oxygen atoms in total. The Hall–Kier alpha value is -1.38. The fourth-order valence-corrected chi connectivity index (χ4v) is 6.60. The van der Waals surface area contributed by atoms with Crippen LogP contribution >= 0.6 is 0 Å². The lowest BCUT2D eigenvalue weighted by Crippen LogP contribution is -2.35. The molecule has 3 heteroatoms. The second-order valence-corrected chi connectivity index (χ2v) is 9.66. The number of esters is 1. The van der Waals surface area contributed by atoms with Gasteiger partial charge in [-0.05, 0) is 104 Å². The average Bonchev–Trinajstić information content (AvgIpc) is 2.72. The van der Waals surface area contributed by atoms with E-state index in [0.29, 0.717) is 5.92 Å². The molecule has 0 saturated heterocycles. The van der Waals surface area contributed by atoms with Crippen molar-refractivity contribution in [1.82, 2.24) is 0 Å². The lowest BCUT2D eigenvalue weighted by atomic mass is 9.61. The van der Waals surface area contributed by atoms with Gasteiger partial charge in [0, 0.05) is 0 Å². The molecule has 2 fully saturated rings. The third-order valence-electron chi connectivity index (χ3n) is 8.09. The predicted molar refractivity (Wildman–Crippen MR) is 110 cm³/mol. The van der Waals surface area contributed by atoms with E-state index in [2.05, 4.69) is 6.92 Å². The number of benzene rings is 1. The number of ether oxygens (including phenoxy) is 1. The Bertz CT molecular complexity index is 713. The van der Waals surface area contributed by atoms with Gasteiger partial charge >= 0.3 is 5.97 Å². The van der Waals surface area contributed by atoms with Crippen molar-refractivity contribution >= 4 is 5.97 Å². The highest BCUT2D eigenvalue weighted by atomic mass is 19.1.